The van der Waals surface area contributed by atoms with Gasteiger partial charge in [0.15, 0.2) is 0 Å². The number of hydrogen-bond acceptors (Lipinski definition) is 4. The Morgan fingerprint density at radius 2 is 2.43 bits per heavy atom. The minimum atomic E-state index is -0.504. The highest BCUT2D eigenvalue weighted by Gasteiger charge is 2.05. The Balaban J connectivity index is 2.80. The summed E-state index contributed by atoms with van der Waals surface area (Å²) in [4.78, 5) is 24.8. The van der Waals surface area contributed by atoms with Gasteiger partial charge in [0.1, 0.15) is 11.8 Å². The summed E-state index contributed by atoms with van der Waals surface area (Å²) in [6.45, 7) is 0. The van der Waals surface area contributed by atoms with Crippen LogP contribution in [0, 0.1) is 11.3 Å². The molecule has 0 radical (unpaired) electrons. The van der Waals surface area contributed by atoms with Gasteiger partial charge >= 0.3 is 0 Å². The Morgan fingerprint density at radius 1 is 1.64 bits per heavy atom. The topological polar surface area (TPSA) is 94.9 Å². The van der Waals surface area contributed by atoms with Crippen molar-refractivity contribution in [3.63, 3.8) is 0 Å². The lowest BCUT2D eigenvalue weighted by Gasteiger charge is -2.01. The second-order valence-electron chi connectivity index (χ2n) is 2.26. The molecule has 0 aliphatic heterocycles. The van der Waals surface area contributed by atoms with Crippen LogP contribution in [0.1, 0.15) is 16.1 Å². The summed E-state index contributed by atoms with van der Waals surface area (Å²) in [6.07, 6.45) is 1.68. The van der Waals surface area contributed by atoms with Gasteiger partial charge in [-0.3, -0.25) is 20.4 Å². The average Bonchev–Trinajstić information content (AvgIpc) is 2.26. The summed E-state index contributed by atoms with van der Waals surface area (Å²) in [7, 11) is 0. The maximum Gasteiger partial charge on any atom is 0.269 e. The van der Waals surface area contributed by atoms with E-state index in [0.717, 1.165) is 0 Å². The molecule has 0 fully saturated rings. The Bertz CT molecular complexity index is 397. The molecule has 0 aliphatic carbocycles. The van der Waals surface area contributed by atoms with Crippen molar-refractivity contribution < 1.29 is 9.59 Å². The molecule has 0 unspecified atom stereocenters. The quantitative estimate of drug-likeness (QED) is 0.488. The second-order valence-corrected chi connectivity index (χ2v) is 2.26. The highest BCUT2D eigenvalue weighted by Crippen LogP contribution is 1.99. The van der Waals surface area contributed by atoms with E-state index in [4.69, 9.17) is 5.26 Å². The van der Waals surface area contributed by atoms with Gasteiger partial charge in [-0.1, -0.05) is 0 Å². The lowest BCUT2D eigenvalue weighted by molar-refractivity contribution is -0.110. The van der Waals surface area contributed by atoms with Gasteiger partial charge in [-0.05, 0) is 12.1 Å². The summed E-state index contributed by atoms with van der Waals surface area (Å²) >= 11 is 0. The van der Waals surface area contributed by atoms with Gasteiger partial charge in [0.05, 0.1) is 0 Å². The van der Waals surface area contributed by atoms with E-state index in [9.17, 15) is 9.59 Å². The molecule has 1 heterocycles. The molecule has 0 aliphatic rings. The summed E-state index contributed by atoms with van der Waals surface area (Å²) in [5.74, 6) is -0.504. The highest BCUT2D eigenvalue weighted by atomic mass is 16.2. The molecule has 2 amide bonds. The molecule has 6 nitrogen and oxygen atoms in total. The minimum Gasteiger partial charge on any atom is -0.277 e. The first-order chi connectivity index (χ1) is 6.77. The molecule has 6 heteroatoms. The van der Waals surface area contributed by atoms with E-state index in [1.807, 2.05) is 5.43 Å². The van der Waals surface area contributed by atoms with E-state index in [1.54, 1.807) is 6.07 Å². The second kappa shape index (κ2) is 4.57. The number of hydrazine groups is 1. The minimum absolute atomic E-state index is 0.142. The van der Waals surface area contributed by atoms with Crippen LogP contribution in [0.2, 0.25) is 0 Å². The van der Waals surface area contributed by atoms with Gasteiger partial charge in [-0.15, -0.1) is 0 Å². The molecular weight excluding hydrogens is 184 g/mol. The van der Waals surface area contributed by atoms with Gasteiger partial charge in [0.2, 0.25) is 6.41 Å². The van der Waals surface area contributed by atoms with Crippen molar-refractivity contribution in [3.8, 4) is 6.07 Å². The van der Waals surface area contributed by atoms with Crippen molar-refractivity contribution in [3.05, 3.63) is 29.6 Å². The van der Waals surface area contributed by atoms with E-state index >= 15 is 0 Å². The first kappa shape index (κ1) is 9.67. The lowest BCUT2D eigenvalue weighted by Crippen LogP contribution is -2.36. The van der Waals surface area contributed by atoms with Gasteiger partial charge in [0, 0.05) is 11.8 Å². The van der Waals surface area contributed by atoms with Crippen LogP contribution in [0.25, 0.3) is 0 Å². The monoisotopic (exact) mass is 190 g/mol. The van der Waals surface area contributed by atoms with Gasteiger partial charge in [-0.25, -0.2) is 4.98 Å². The molecule has 0 bridgehead atoms. The SMILES string of the molecule is N#Cc1cc(C(=O)NNC=O)ccn1. The normalized spacial score (nSPS) is 8.50. The third-order valence-corrected chi connectivity index (χ3v) is 1.38. The van der Waals surface area contributed by atoms with Crippen molar-refractivity contribution >= 4 is 12.3 Å². The van der Waals surface area contributed by atoms with Crippen LogP contribution in [0.4, 0.5) is 0 Å². The van der Waals surface area contributed by atoms with Crippen LogP contribution in [-0.2, 0) is 4.79 Å². The number of hydrogen-bond donors (Lipinski definition) is 2. The lowest BCUT2D eigenvalue weighted by atomic mass is 10.2. The number of rotatable bonds is 3. The summed E-state index contributed by atoms with van der Waals surface area (Å²) in [6, 6.07) is 4.55. The number of nitrogens with zero attached hydrogens (tertiary/aromatic N) is 2. The van der Waals surface area contributed by atoms with Gasteiger partial charge in [0.25, 0.3) is 5.91 Å². The van der Waals surface area contributed by atoms with Crippen molar-refractivity contribution in [2.24, 2.45) is 0 Å². The van der Waals surface area contributed by atoms with Crippen LogP contribution >= 0.6 is 0 Å². The van der Waals surface area contributed by atoms with Crippen LogP contribution in [0.5, 0.6) is 0 Å². The zero-order valence-corrected chi connectivity index (χ0v) is 7.02. The zero-order valence-electron chi connectivity index (χ0n) is 7.02. The van der Waals surface area contributed by atoms with Crippen molar-refractivity contribution in [2.45, 2.75) is 0 Å². The molecule has 1 rings (SSSR count). The molecule has 1 aromatic rings. The number of nitrogens with one attached hydrogen (secondary N) is 2. The zero-order chi connectivity index (χ0) is 10.4. The van der Waals surface area contributed by atoms with E-state index in [0.29, 0.717) is 6.41 Å². The largest absolute Gasteiger partial charge is 0.277 e. The number of nitriles is 1. The number of aromatic nitrogens is 1. The molecule has 2 N–H and O–H groups in total. The van der Waals surface area contributed by atoms with Gasteiger partial charge < -0.3 is 0 Å². The number of amides is 2. The first-order valence-corrected chi connectivity index (χ1v) is 3.63. The Morgan fingerprint density at radius 3 is 3.07 bits per heavy atom. The Hall–Kier alpha value is -2.42. The third-order valence-electron chi connectivity index (χ3n) is 1.38. The predicted octanol–water partition coefficient (Wildman–Crippen LogP) is -0.656. The Kier molecular flexibility index (Phi) is 3.15. The highest BCUT2D eigenvalue weighted by molar-refractivity contribution is 5.94. The van der Waals surface area contributed by atoms with E-state index in [-0.39, 0.29) is 11.3 Å². The van der Waals surface area contributed by atoms with E-state index < -0.39 is 5.91 Å². The van der Waals surface area contributed by atoms with Crippen LogP contribution < -0.4 is 10.9 Å². The van der Waals surface area contributed by atoms with E-state index in [2.05, 4.69) is 10.4 Å². The summed E-state index contributed by atoms with van der Waals surface area (Å²) < 4.78 is 0. The van der Waals surface area contributed by atoms with Crippen molar-refractivity contribution in [1.29, 1.82) is 5.26 Å². The molecular formula is C8H6N4O2. The standard InChI is InChI=1S/C8H6N4O2/c9-4-7-3-6(1-2-10-7)8(14)12-11-5-13/h1-3,5H,(H,11,13)(H,12,14). The molecule has 14 heavy (non-hydrogen) atoms. The van der Waals surface area contributed by atoms with Crippen LogP contribution in [-0.4, -0.2) is 17.3 Å². The number of pyridine rings is 1. The van der Waals surface area contributed by atoms with Gasteiger partial charge in [-0.2, -0.15) is 5.26 Å². The number of carbonyl (C=O) groups is 2. The van der Waals surface area contributed by atoms with E-state index in [1.165, 1.54) is 18.3 Å². The molecule has 0 saturated heterocycles. The smallest absolute Gasteiger partial charge is 0.269 e. The molecule has 0 spiro atoms. The first-order valence-electron chi connectivity index (χ1n) is 3.63. The number of carbonyl (C=O) groups excluding carboxylic acids is 2. The van der Waals surface area contributed by atoms with Crippen LogP contribution in [0.15, 0.2) is 18.3 Å². The maximum absolute atomic E-state index is 11.2. The fourth-order valence-electron chi connectivity index (χ4n) is 0.800. The summed E-state index contributed by atoms with van der Waals surface area (Å²) in [5, 5.41) is 8.50. The average molecular weight is 190 g/mol. The molecule has 70 valence electrons. The molecule has 0 aromatic carbocycles. The van der Waals surface area contributed by atoms with Crippen molar-refractivity contribution in [1.82, 2.24) is 15.8 Å². The maximum atomic E-state index is 11.2. The Labute approximate surface area is 79.5 Å². The summed E-state index contributed by atoms with van der Waals surface area (Å²) in [5.41, 5.74) is 4.50. The third kappa shape index (κ3) is 2.28. The van der Waals surface area contributed by atoms with Crippen molar-refractivity contribution in [2.75, 3.05) is 0 Å². The molecule has 0 saturated carbocycles. The fraction of sp³-hybridized carbons (Fsp3) is 0. The molecule has 0 atom stereocenters. The van der Waals surface area contributed by atoms with Crippen LogP contribution in [0.3, 0.4) is 0 Å². The molecule has 1 aromatic heterocycles. The predicted molar refractivity (Wildman–Crippen MR) is 45.6 cm³/mol. The fourth-order valence-corrected chi connectivity index (χ4v) is 0.800.